The van der Waals surface area contributed by atoms with Crippen LogP contribution in [-0.4, -0.2) is 146 Å². The Kier molecular flexibility index (Phi) is 35.5. The molecule has 1 saturated heterocycles. The van der Waals surface area contributed by atoms with Crippen molar-refractivity contribution >= 4 is 110 Å². The van der Waals surface area contributed by atoms with Gasteiger partial charge < -0.3 is 51.1 Å². The standard InChI is InChI=1S/C16H27N3OSi.C12H19BO3.C10H13N3O.C10H11N3O.C7H7F3O4S.C6H8O2.C4H4BrN3.C2H6O.CH3F/c1-16(2,3)21(4,5)20-13-8-6-7-12(9-13)14-10-19-15(17)11-18-14;1-11(2)12(3,4)16-13(15-11)9-6-5-7-10(14)8-9;2*11-10-6-12-9(5-13-10)7-2-1-3-8(14)4-7;8-7(9,10)15(12,13)14-6-3-1-2-5(11)4-6;7-5-2-1-3-6(8)4-5;5-3-1-8-4(6)2-7-3;1-2-3;1-2/h9-11,13H,6-8H2,1-5H3,(H2,17,19);8H,5-7H2,1-4H3;4-6,8,14H,1-3H2,(H2,11,13);4-6H,1-3H2,(H2,11,13);4H,1-3H2;1-4H2;1-2H,(H2,6,8);3H,2H2,1H3;1H3/i;;;;;;;;1D. The fourth-order valence-electron chi connectivity index (χ4n) is 9.58. The summed E-state index contributed by atoms with van der Waals surface area (Å²) >= 11 is 3.12. The summed E-state index contributed by atoms with van der Waals surface area (Å²) in [4.78, 5) is 86.5. The molecule has 0 spiro atoms. The first-order chi connectivity index (χ1) is 47.6. The lowest BCUT2D eigenvalue weighted by Crippen LogP contribution is -2.43. The number of alkyl halides is 4. The Bertz CT molecular complexity index is 3590. The van der Waals surface area contributed by atoms with Gasteiger partial charge in [0.25, 0.3) is 0 Å². The molecule has 33 heteroatoms. The van der Waals surface area contributed by atoms with Crippen LogP contribution in [0.4, 0.5) is 40.8 Å². The molecule has 4 aromatic heterocycles. The number of hydrogen-bond donors (Lipinski definition) is 6. The maximum atomic E-state index is 11.9. The zero-order valence-electron chi connectivity index (χ0n) is 60.2. The van der Waals surface area contributed by atoms with Gasteiger partial charge in [-0.15, -0.1) is 0 Å². The Labute approximate surface area is 600 Å². The smallest absolute Gasteiger partial charge is 0.411 e. The highest BCUT2D eigenvalue weighted by Gasteiger charge is 2.53. The van der Waals surface area contributed by atoms with Crippen LogP contribution in [0.5, 0.6) is 0 Å². The largest absolute Gasteiger partial charge is 0.534 e. The van der Waals surface area contributed by atoms with Crippen molar-refractivity contribution in [3.63, 3.8) is 0 Å². The van der Waals surface area contributed by atoms with E-state index in [4.69, 9.17) is 43.1 Å². The Morgan fingerprint density at radius 2 is 1.02 bits per heavy atom. The molecule has 2 unspecified atom stereocenters. The molecule has 4 aromatic rings. The Morgan fingerprint density at radius 1 is 0.614 bits per heavy atom. The second-order valence-corrected chi connectivity index (χ2v) is 33.5. The van der Waals surface area contributed by atoms with Crippen molar-refractivity contribution in [3.8, 4) is 0 Å². The number of Topliss-reactive ketones (excluding diaryl/α,β-unsaturated/α-hetero) is 2. The number of carbonyl (C=O) groups is 5. The summed E-state index contributed by atoms with van der Waals surface area (Å²) in [7, 11) is -8.71. The molecule has 25 nitrogen and oxygen atoms in total. The van der Waals surface area contributed by atoms with E-state index < -0.39 is 42.6 Å². The van der Waals surface area contributed by atoms with E-state index in [-0.39, 0.29) is 91.0 Å². The number of aliphatic hydroxyl groups is 2. The van der Waals surface area contributed by atoms with Crippen LogP contribution in [0.15, 0.2) is 95.8 Å². The van der Waals surface area contributed by atoms with E-state index in [2.05, 4.69) is 99.9 Å². The van der Waals surface area contributed by atoms with Crippen LogP contribution in [-0.2, 0) is 52.0 Å². The number of rotatable bonds is 8. The van der Waals surface area contributed by atoms with E-state index >= 15 is 0 Å². The lowest BCUT2D eigenvalue weighted by molar-refractivity contribution is -0.129. The second-order valence-electron chi connectivity index (χ2n) is 26.4. The molecule has 101 heavy (non-hydrogen) atoms. The first-order valence-electron chi connectivity index (χ1n) is 33.7. The van der Waals surface area contributed by atoms with Gasteiger partial charge in [0, 0.05) is 51.2 Å². The van der Waals surface area contributed by atoms with Crippen molar-refractivity contribution in [1.82, 2.24) is 39.9 Å². The molecule has 1 aliphatic heterocycles. The highest BCUT2D eigenvalue weighted by atomic mass is 79.9. The summed E-state index contributed by atoms with van der Waals surface area (Å²) in [5.74, 6) is 1.42. The van der Waals surface area contributed by atoms with E-state index in [1.54, 1.807) is 50.1 Å². The fourth-order valence-corrected chi connectivity index (χ4v) is 11.6. The predicted molar refractivity (Wildman–Crippen MR) is 386 cm³/mol. The second kappa shape index (κ2) is 41.6. The molecule has 1 saturated carbocycles. The third-order valence-corrected chi connectivity index (χ3v) is 22.4. The lowest BCUT2D eigenvalue weighted by Gasteiger charge is -2.39. The van der Waals surface area contributed by atoms with Gasteiger partial charge in [0.15, 0.2) is 25.7 Å². The monoisotopic (exact) mass is 1520 g/mol. The molecule has 0 amide bonds. The van der Waals surface area contributed by atoms with E-state index in [0.29, 0.717) is 53.6 Å². The van der Waals surface area contributed by atoms with Crippen molar-refractivity contribution in [1.29, 1.82) is 0 Å². The molecular weight excluding hydrogens is 1420 g/mol. The first-order valence-corrected chi connectivity index (χ1v) is 38.1. The van der Waals surface area contributed by atoms with E-state index in [0.717, 1.165) is 110 Å². The van der Waals surface area contributed by atoms with E-state index in [9.17, 15) is 55.1 Å². The molecule has 2 atom stereocenters. The normalized spacial score (nSPS) is 19.5. The van der Waals surface area contributed by atoms with Gasteiger partial charge in [-0.1, -0.05) is 32.9 Å². The maximum absolute atomic E-state index is 11.9. The maximum Gasteiger partial charge on any atom is 0.534 e. The zero-order chi connectivity index (χ0) is 76.7. The van der Waals surface area contributed by atoms with Gasteiger partial charge >= 0.3 is 22.7 Å². The molecule has 7 aliphatic rings. The molecule has 5 heterocycles. The van der Waals surface area contributed by atoms with Crippen LogP contribution < -0.4 is 22.9 Å². The number of aromatic nitrogens is 8. The molecule has 6 aliphatic carbocycles. The quantitative estimate of drug-likeness (QED) is 0.0314. The van der Waals surface area contributed by atoms with Crippen LogP contribution in [0, 0.1) is 0 Å². The summed E-state index contributed by atoms with van der Waals surface area (Å²) < 4.78 is 95.0. The summed E-state index contributed by atoms with van der Waals surface area (Å²) in [5, 5.41) is 17.3. The average Bonchev–Trinajstić information content (AvgIpc) is 1.63. The molecule has 0 aromatic carbocycles. The number of carbonyl (C=O) groups excluding carboxylic acids is 5. The van der Waals surface area contributed by atoms with Crippen molar-refractivity contribution in [3.05, 3.63) is 113 Å². The predicted octanol–water partition coefficient (Wildman–Crippen LogP) is 12.1. The van der Waals surface area contributed by atoms with Crippen LogP contribution in [0.25, 0.3) is 16.7 Å². The molecule has 10 N–H and O–H groups in total. The summed E-state index contributed by atoms with van der Waals surface area (Å²) in [5.41, 5.74) is 22.4. The summed E-state index contributed by atoms with van der Waals surface area (Å²) in [6.45, 7) is 21.5. The number of hydrogen-bond acceptors (Lipinski definition) is 25. The Balaban J connectivity index is 0.000000310. The minimum atomic E-state index is -5.64. The van der Waals surface area contributed by atoms with Crippen LogP contribution in [0.2, 0.25) is 18.1 Å². The van der Waals surface area contributed by atoms with E-state index in [1.165, 1.54) is 24.2 Å². The number of ketones is 5. The third-order valence-electron chi connectivity index (χ3n) is 16.5. The number of nitrogens with two attached hydrogens (primary N) is 4. The average molecular weight is 1520 g/mol. The minimum absolute atomic E-state index is 0.0149. The van der Waals surface area contributed by atoms with Crippen molar-refractivity contribution in [2.24, 2.45) is 0 Å². The number of anilines is 4. The first kappa shape index (κ1) is 86.0. The highest BCUT2D eigenvalue weighted by Crippen LogP contribution is 2.41. The zero-order valence-corrected chi connectivity index (χ0v) is 62.6. The SMILES string of the molecule is CC(C)(C)[Si](C)(C)OC1C=C(c2cnc(N)cn2)CCC1.CC1(C)OB(C2=CC(=O)CCC2)OC1(C)C.CCO.Nc1cnc(Br)cn1.Nc1cnc(C2=CC(=O)CCC2)cn1.Nc1cnc(C2=CC(O)CCC2)cn1.O=C1C=C(OS(=O)(=O)C(F)(F)F)CCC1.O=C1CCCC(=O)C1.[2H]CF. The topological polar surface area (TPSA) is 404 Å². The number of halogens is 5. The van der Waals surface area contributed by atoms with E-state index in [1.807, 2.05) is 33.8 Å². The number of nitrogens with zero attached hydrogens (tertiary/aromatic N) is 8. The summed E-state index contributed by atoms with van der Waals surface area (Å²) in [6, 6.07) is 0. The Hall–Kier alpha value is -7.40. The fraction of sp³-hybridized carbons (Fsp3) is 0.544. The number of aliphatic hydroxyl groups excluding tert-OH is 2. The van der Waals surface area contributed by atoms with Crippen LogP contribution >= 0.6 is 15.9 Å². The van der Waals surface area contributed by atoms with Gasteiger partial charge in [-0.05, 0) is 180 Å². The molecule has 0 radical (unpaired) electrons. The van der Waals surface area contributed by atoms with Gasteiger partial charge in [-0.25, -0.2) is 24.9 Å². The molecule has 556 valence electrons. The van der Waals surface area contributed by atoms with Crippen molar-refractivity contribution < 1.29 is 79.5 Å². The molecule has 2 fully saturated rings. The van der Waals surface area contributed by atoms with Crippen molar-refractivity contribution in [2.75, 3.05) is 36.7 Å². The van der Waals surface area contributed by atoms with Gasteiger partial charge in [0.1, 0.15) is 45.2 Å². The van der Waals surface area contributed by atoms with Crippen molar-refractivity contribution in [2.45, 2.75) is 224 Å². The number of nitrogen functional groups attached to an aromatic ring is 4. The van der Waals surface area contributed by atoms with Gasteiger partial charge in [0.2, 0.25) is 0 Å². The lowest BCUT2D eigenvalue weighted by atomic mass is 9.72. The van der Waals surface area contributed by atoms with Crippen LogP contribution in [0.3, 0.4) is 0 Å². The number of allylic oxidation sites excluding steroid dienone is 8. The van der Waals surface area contributed by atoms with Crippen LogP contribution in [0.1, 0.15) is 196 Å². The molecule has 11 rings (SSSR count). The summed E-state index contributed by atoms with van der Waals surface area (Å²) in [6.07, 6.45) is 34.5. The Morgan fingerprint density at radius 3 is 1.41 bits per heavy atom. The molecule has 0 bridgehead atoms. The minimum Gasteiger partial charge on any atom is -0.411 e. The van der Waals surface area contributed by atoms with Gasteiger partial charge in [-0.3, -0.25) is 43.3 Å². The molecular formula is C68H98BBrF4N12O13SSi. The third kappa shape index (κ3) is 31.4. The van der Waals surface area contributed by atoms with Gasteiger partial charge in [-0.2, -0.15) is 21.6 Å². The van der Waals surface area contributed by atoms with Gasteiger partial charge in [0.05, 0.1) is 105 Å². The highest BCUT2D eigenvalue weighted by molar-refractivity contribution is 9.10.